The molecule has 27 heavy (non-hydrogen) atoms. The maximum absolute atomic E-state index is 12.9. The molecule has 3 rings (SSSR count). The van der Waals surface area contributed by atoms with E-state index >= 15 is 0 Å². The third-order valence-corrected chi connectivity index (χ3v) is 7.14. The number of nitrogens with one attached hydrogen (secondary N) is 1. The smallest absolute Gasteiger partial charge is 0.243 e. The first kappa shape index (κ1) is 19.6. The molecule has 1 amide bonds. The van der Waals surface area contributed by atoms with E-state index in [1.807, 2.05) is 56.3 Å². The van der Waals surface area contributed by atoms with Crippen LogP contribution < -0.4 is 5.32 Å². The van der Waals surface area contributed by atoms with E-state index in [9.17, 15) is 13.2 Å². The Labute approximate surface area is 161 Å². The summed E-state index contributed by atoms with van der Waals surface area (Å²) in [5.41, 5.74) is 2.86. The number of carbonyl (C=O) groups excluding carboxylic acids is 1. The molecule has 0 spiro atoms. The first-order valence-electron chi connectivity index (χ1n) is 9.27. The Balaban J connectivity index is 1.58. The summed E-state index contributed by atoms with van der Waals surface area (Å²) in [4.78, 5) is 12.8. The summed E-state index contributed by atoms with van der Waals surface area (Å²) in [6.07, 6.45) is 1.09. The minimum atomic E-state index is -3.51. The standard InChI is InChI=1S/C21H26N2O3S/c1-16-8-9-20(17(2)14-16)27(25,26)23-12-10-19(11-13-23)21(24)22-15-18-6-4-3-5-7-18/h3-9,14,19H,10-13,15H2,1-2H3,(H,22,24). The van der Waals surface area contributed by atoms with Crippen molar-refractivity contribution in [1.82, 2.24) is 9.62 Å². The zero-order valence-electron chi connectivity index (χ0n) is 15.8. The molecule has 1 aliphatic heterocycles. The molecule has 1 heterocycles. The number of hydrogen-bond acceptors (Lipinski definition) is 3. The summed E-state index contributed by atoms with van der Waals surface area (Å²) in [5.74, 6) is -0.137. The molecule has 2 aromatic rings. The van der Waals surface area contributed by atoms with E-state index in [4.69, 9.17) is 0 Å². The number of nitrogens with zero attached hydrogens (tertiary/aromatic N) is 1. The van der Waals surface area contributed by atoms with Crippen molar-refractivity contribution in [3.8, 4) is 0 Å². The Morgan fingerprint density at radius 2 is 1.74 bits per heavy atom. The molecule has 0 aliphatic carbocycles. The lowest BCUT2D eigenvalue weighted by atomic mass is 9.97. The predicted molar refractivity (Wildman–Crippen MR) is 106 cm³/mol. The van der Waals surface area contributed by atoms with Gasteiger partial charge in [-0.2, -0.15) is 4.31 Å². The van der Waals surface area contributed by atoms with Gasteiger partial charge in [0.2, 0.25) is 15.9 Å². The SMILES string of the molecule is Cc1ccc(S(=O)(=O)N2CCC(C(=O)NCc3ccccc3)CC2)c(C)c1. The highest BCUT2D eigenvalue weighted by molar-refractivity contribution is 7.89. The lowest BCUT2D eigenvalue weighted by molar-refractivity contribution is -0.126. The number of piperidine rings is 1. The second-order valence-corrected chi connectivity index (χ2v) is 9.06. The molecule has 0 saturated carbocycles. The number of rotatable bonds is 5. The van der Waals surface area contributed by atoms with E-state index in [0.717, 1.165) is 16.7 Å². The van der Waals surface area contributed by atoms with Crippen molar-refractivity contribution in [2.75, 3.05) is 13.1 Å². The van der Waals surface area contributed by atoms with E-state index in [-0.39, 0.29) is 11.8 Å². The third kappa shape index (κ3) is 4.57. The number of amides is 1. The van der Waals surface area contributed by atoms with Crippen molar-refractivity contribution in [3.63, 3.8) is 0 Å². The van der Waals surface area contributed by atoms with Gasteiger partial charge in [0.15, 0.2) is 0 Å². The van der Waals surface area contributed by atoms with Crippen molar-refractivity contribution in [1.29, 1.82) is 0 Å². The molecule has 1 saturated heterocycles. The van der Waals surface area contributed by atoms with E-state index in [2.05, 4.69) is 5.32 Å². The summed E-state index contributed by atoms with van der Waals surface area (Å²) < 4.78 is 27.4. The fraction of sp³-hybridized carbons (Fsp3) is 0.381. The molecule has 0 radical (unpaired) electrons. The van der Waals surface area contributed by atoms with Gasteiger partial charge < -0.3 is 5.32 Å². The van der Waals surface area contributed by atoms with E-state index in [1.165, 1.54) is 4.31 Å². The van der Waals surface area contributed by atoms with Crippen LogP contribution in [0, 0.1) is 19.8 Å². The fourth-order valence-corrected chi connectivity index (χ4v) is 5.19. The lowest BCUT2D eigenvalue weighted by Gasteiger charge is -2.31. The molecule has 0 bridgehead atoms. The molecule has 1 aliphatic rings. The van der Waals surface area contributed by atoms with Crippen LogP contribution in [0.5, 0.6) is 0 Å². The van der Waals surface area contributed by atoms with Crippen LogP contribution in [-0.2, 0) is 21.4 Å². The van der Waals surface area contributed by atoms with Crippen LogP contribution in [-0.4, -0.2) is 31.7 Å². The van der Waals surface area contributed by atoms with Crippen LogP contribution in [0.15, 0.2) is 53.4 Å². The summed E-state index contributed by atoms with van der Waals surface area (Å²) in [5, 5.41) is 2.96. The number of carbonyl (C=O) groups is 1. The van der Waals surface area contributed by atoms with Gasteiger partial charge in [-0.1, -0.05) is 48.0 Å². The minimum Gasteiger partial charge on any atom is -0.352 e. The molecule has 6 heteroatoms. The lowest BCUT2D eigenvalue weighted by Crippen LogP contribution is -2.43. The van der Waals surface area contributed by atoms with E-state index < -0.39 is 10.0 Å². The van der Waals surface area contributed by atoms with Crippen LogP contribution in [0.1, 0.15) is 29.5 Å². The first-order chi connectivity index (χ1) is 12.9. The van der Waals surface area contributed by atoms with Crippen molar-refractivity contribution >= 4 is 15.9 Å². The Hall–Kier alpha value is -2.18. The van der Waals surface area contributed by atoms with Crippen LogP contribution >= 0.6 is 0 Å². The average Bonchev–Trinajstić information content (AvgIpc) is 2.66. The van der Waals surface area contributed by atoms with Gasteiger partial charge in [0.05, 0.1) is 4.90 Å². The summed E-state index contributed by atoms with van der Waals surface area (Å²) >= 11 is 0. The van der Waals surface area contributed by atoms with Crippen molar-refractivity contribution in [3.05, 3.63) is 65.2 Å². The third-order valence-electron chi connectivity index (χ3n) is 5.08. The summed E-state index contributed by atoms with van der Waals surface area (Å²) in [6.45, 7) is 5.02. The highest BCUT2D eigenvalue weighted by Gasteiger charge is 2.32. The van der Waals surface area contributed by atoms with Crippen LogP contribution in [0.3, 0.4) is 0 Å². The normalized spacial score (nSPS) is 16.2. The fourth-order valence-electron chi connectivity index (χ4n) is 3.52. The monoisotopic (exact) mass is 386 g/mol. The maximum atomic E-state index is 12.9. The molecule has 1 N–H and O–H groups in total. The van der Waals surface area contributed by atoms with Crippen LogP contribution in [0.25, 0.3) is 0 Å². The van der Waals surface area contributed by atoms with Crippen molar-refractivity contribution < 1.29 is 13.2 Å². The van der Waals surface area contributed by atoms with Gasteiger partial charge in [-0.25, -0.2) is 8.42 Å². The Morgan fingerprint density at radius 3 is 2.37 bits per heavy atom. The molecular weight excluding hydrogens is 360 g/mol. The number of benzene rings is 2. The van der Waals surface area contributed by atoms with E-state index in [1.54, 1.807) is 6.07 Å². The van der Waals surface area contributed by atoms with Gasteiger partial charge >= 0.3 is 0 Å². The maximum Gasteiger partial charge on any atom is 0.243 e. The number of aryl methyl sites for hydroxylation is 2. The number of hydrogen-bond donors (Lipinski definition) is 1. The van der Waals surface area contributed by atoms with Gasteiger partial charge in [-0.3, -0.25) is 4.79 Å². The van der Waals surface area contributed by atoms with Crippen LogP contribution in [0.4, 0.5) is 0 Å². The van der Waals surface area contributed by atoms with Gasteiger partial charge in [0, 0.05) is 25.6 Å². The van der Waals surface area contributed by atoms with E-state index in [0.29, 0.717) is 37.4 Å². The zero-order chi connectivity index (χ0) is 19.4. The zero-order valence-corrected chi connectivity index (χ0v) is 16.6. The Bertz CT molecular complexity index is 902. The molecular formula is C21H26N2O3S. The van der Waals surface area contributed by atoms with Gasteiger partial charge in [0.1, 0.15) is 0 Å². The van der Waals surface area contributed by atoms with Gasteiger partial charge in [0.25, 0.3) is 0 Å². The summed E-state index contributed by atoms with van der Waals surface area (Å²) in [7, 11) is -3.51. The quantitative estimate of drug-likeness (QED) is 0.859. The molecule has 144 valence electrons. The highest BCUT2D eigenvalue weighted by atomic mass is 32.2. The Kier molecular flexibility index (Phi) is 5.97. The van der Waals surface area contributed by atoms with Crippen LogP contribution in [0.2, 0.25) is 0 Å². The van der Waals surface area contributed by atoms with Gasteiger partial charge in [-0.05, 0) is 43.9 Å². The van der Waals surface area contributed by atoms with Crippen molar-refractivity contribution in [2.45, 2.75) is 38.1 Å². The predicted octanol–water partition coefficient (Wildman–Crippen LogP) is 3.02. The number of sulfonamides is 1. The molecule has 5 nitrogen and oxygen atoms in total. The summed E-state index contributed by atoms with van der Waals surface area (Å²) in [6, 6.07) is 15.2. The Morgan fingerprint density at radius 1 is 1.07 bits per heavy atom. The molecule has 0 unspecified atom stereocenters. The second kappa shape index (κ2) is 8.23. The molecule has 1 fully saturated rings. The molecule has 2 aromatic carbocycles. The average molecular weight is 387 g/mol. The second-order valence-electron chi connectivity index (χ2n) is 7.15. The van der Waals surface area contributed by atoms with Crippen molar-refractivity contribution in [2.24, 2.45) is 5.92 Å². The highest BCUT2D eigenvalue weighted by Crippen LogP contribution is 2.26. The molecule has 0 atom stereocenters. The topological polar surface area (TPSA) is 66.5 Å². The first-order valence-corrected chi connectivity index (χ1v) is 10.7. The molecule has 0 aromatic heterocycles. The minimum absolute atomic E-state index is 0.00224. The van der Waals surface area contributed by atoms with Gasteiger partial charge in [-0.15, -0.1) is 0 Å². The largest absolute Gasteiger partial charge is 0.352 e.